The zero-order valence-electron chi connectivity index (χ0n) is 43.1. The van der Waals surface area contributed by atoms with Gasteiger partial charge in [0.25, 0.3) is 0 Å². The van der Waals surface area contributed by atoms with E-state index >= 15 is 0 Å². The highest BCUT2D eigenvalue weighted by molar-refractivity contribution is 7.99. The molecule has 1 aliphatic carbocycles. The number of aromatic nitrogens is 5. The molecule has 0 bridgehead atoms. The van der Waals surface area contributed by atoms with Crippen molar-refractivity contribution in [3.05, 3.63) is 283 Å². The molecule has 0 fully saturated rings. The molecule has 0 unspecified atom stereocenters. The maximum Gasteiger partial charge on any atom is 0.188 e. The molecular formula is C72H41N7OS. The fourth-order valence-corrected chi connectivity index (χ4v) is 15.0. The number of anilines is 3. The first-order chi connectivity index (χ1) is 40.2. The highest BCUT2D eigenvalue weighted by Crippen LogP contribution is 2.66. The molecular weight excluding hydrogens is 1010 g/mol. The maximum absolute atomic E-state index is 8.06. The molecule has 0 radical (unpaired) electrons. The molecule has 2 aliphatic heterocycles. The Kier molecular flexibility index (Phi) is 9.00. The van der Waals surface area contributed by atoms with Crippen LogP contribution in [0.2, 0.25) is 0 Å². The lowest BCUT2D eigenvalue weighted by molar-refractivity contribution is 0.435. The van der Waals surface area contributed by atoms with E-state index in [-0.39, 0.29) is 0 Å². The lowest BCUT2D eigenvalue weighted by Gasteiger charge is -2.42. The second-order valence-electron chi connectivity index (χ2n) is 21.1. The summed E-state index contributed by atoms with van der Waals surface area (Å²) < 4.78 is 15.0. The molecule has 0 atom stereocenters. The van der Waals surface area contributed by atoms with Crippen LogP contribution >= 0.6 is 11.8 Å². The minimum atomic E-state index is -1.08. The first kappa shape index (κ1) is 44.3. The van der Waals surface area contributed by atoms with Crippen LogP contribution in [-0.2, 0) is 5.41 Å². The van der Waals surface area contributed by atoms with Crippen LogP contribution in [0.5, 0.6) is 11.5 Å². The van der Waals surface area contributed by atoms with Gasteiger partial charge in [-0.05, 0) is 96.4 Å². The third-order valence-corrected chi connectivity index (χ3v) is 18.3. The number of nitrogens with zero attached hydrogens (tertiary/aromatic N) is 7. The van der Waals surface area contributed by atoms with Crippen LogP contribution in [0.1, 0.15) is 22.3 Å². The average Bonchev–Trinajstić information content (AvgIpc) is 4.41. The molecule has 15 aromatic rings. The Morgan fingerprint density at radius 3 is 1.28 bits per heavy atom. The van der Waals surface area contributed by atoms with Gasteiger partial charge in [-0.25, -0.2) is 4.85 Å². The third-order valence-electron chi connectivity index (χ3n) is 17.2. The van der Waals surface area contributed by atoms with E-state index in [4.69, 9.17) is 21.3 Å². The largest absolute Gasteiger partial charge is 0.452 e. The van der Waals surface area contributed by atoms with Gasteiger partial charge in [-0.15, -0.1) is 0 Å². The summed E-state index contributed by atoms with van der Waals surface area (Å²) in [5.41, 5.74) is 17.3. The lowest BCUT2D eigenvalue weighted by atomic mass is 9.66. The summed E-state index contributed by atoms with van der Waals surface area (Å²) in [4.78, 5) is 19.8. The second kappa shape index (κ2) is 16.4. The van der Waals surface area contributed by atoms with Gasteiger partial charge in [0.2, 0.25) is 0 Å². The van der Waals surface area contributed by atoms with E-state index < -0.39 is 5.41 Å². The summed E-state index contributed by atoms with van der Waals surface area (Å²) >= 11 is 1.79. The Bertz CT molecular complexity index is 4990. The van der Waals surface area contributed by atoms with Crippen molar-refractivity contribution in [1.29, 1.82) is 0 Å². The van der Waals surface area contributed by atoms with E-state index in [1.165, 1.54) is 21.5 Å². The number of hydrogen-bond donors (Lipinski definition) is 0. The quantitative estimate of drug-likeness (QED) is 0.164. The van der Waals surface area contributed by atoms with Crippen molar-refractivity contribution >= 4 is 99.9 Å². The standard InChI is InChI=1S/C72H41N7OS/c1-73-43-36-37-61-51(38-43)50-22-6-11-29-60(50)78(61)64-32-16-23-52-70(64)80-71-53(24-17-33-65(71)79-62-30-12-14-34-66(62)81-67-35-15-13-31-63(67)79)72(52)54-39-44(76-56-25-7-2-18-46(56)47-19-3-8-26-57(47)76)41-74-68(54)69-55(72)40-45(42-75-69)77-58-27-9-4-20-48(58)49-21-5-10-28-59(49)77/h2-42H. The monoisotopic (exact) mass is 1050 g/mol. The summed E-state index contributed by atoms with van der Waals surface area (Å²) in [5.74, 6) is 1.44. The van der Waals surface area contributed by atoms with Gasteiger partial charge in [0.05, 0.1) is 103 Å². The molecule has 9 heteroatoms. The minimum absolute atomic E-state index is 0.590. The van der Waals surface area contributed by atoms with Gasteiger partial charge in [-0.3, -0.25) is 9.97 Å². The average molecular weight is 1050 g/mol. The normalized spacial score (nSPS) is 13.5. The predicted molar refractivity (Wildman–Crippen MR) is 327 cm³/mol. The van der Waals surface area contributed by atoms with E-state index in [9.17, 15) is 0 Å². The molecule has 7 heterocycles. The topological polar surface area (TPSA) is 57.4 Å². The Hall–Kier alpha value is -10.7. The minimum Gasteiger partial charge on any atom is -0.452 e. The summed E-state index contributed by atoms with van der Waals surface area (Å²) in [6.07, 6.45) is 4.07. The van der Waals surface area contributed by atoms with Gasteiger partial charge >= 0.3 is 0 Å². The molecule has 81 heavy (non-hydrogen) atoms. The molecule has 0 N–H and O–H groups in total. The predicted octanol–water partition coefficient (Wildman–Crippen LogP) is 18.7. The second-order valence-corrected chi connectivity index (χ2v) is 22.2. The summed E-state index contributed by atoms with van der Waals surface area (Å²) in [6.45, 7) is 8.06. The Morgan fingerprint density at radius 2 is 0.778 bits per heavy atom. The fraction of sp³-hybridized carbons (Fsp3) is 0.0139. The molecule has 10 aromatic carbocycles. The highest BCUT2D eigenvalue weighted by Gasteiger charge is 2.54. The summed E-state index contributed by atoms with van der Waals surface area (Å²) in [6, 6.07) is 84.6. The zero-order valence-corrected chi connectivity index (χ0v) is 43.9. The van der Waals surface area contributed by atoms with Gasteiger partial charge in [0, 0.05) is 59.0 Å². The van der Waals surface area contributed by atoms with E-state index in [1.807, 2.05) is 24.5 Å². The lowest BCUT2D eigenvalue weighted by Crippen LogP contribution is -2.33. The van der Waals surface area contributed by atoms with Crippen LogP contribution in [0, 0.1) is 6.57 Å². The molecule has 18 rings (SSSR count). The third kappa shape index (κ3) is 5.88. The Balaban J connectivity index is 1.01. The van der Waals surface area contributed by atoms with Crippen molar-refractivity contribution in [3.63, 3.8) is 0 Å². The molecule has 0 saturated heterocycles. The SMILES string of the molecule is [C-]#[N+]c1ccc2c(c1)c1ccccc1n2-c1cccc2c1Oc1c(N3c4ccccc4Sc4ccccc43)cccc1C21c2cc(-n3c4ccccc4c4ccccc43)cnc2-c2ncc(-n3c4ccccc4c4ccccc43)cc21. The number of pyridine rings is 2. The summed E-state index contributed by atoms with van der Waals surface area (Å²) in [5, 5.41) is 6.76. The van der Waals surface area contributed by atoms with Crippen molar-refractivity contribution < 1.29 is 4.74 Å². The summed E-state index contributed by atoms with van der Waals surface area (Å²) in [7, 11) is 0. The molecule has 376 valence electrons. The van der Waals surface area contributed by atoms with Crippen LogP contribution < -0.4 is 9.64 Å². The Labute approximate surface area is 468 Å². The van der Waals surface area contributed by atoms with Gasteiger partial charge in [-0.2, -0.15) is 0 Å². The number of ether oxygens (including phenoxy) is 1. The van der Waals surface area contributed by atoms with Crippen molar-refractivity contribution in [2.45, 2.75) is 15.2 Å². The number of benzene rings is 10. The number of para-hydroxylation sites is 9. The van der Waals surface area contributed by atoms with Crippen LogP contribution in [0.3, 0.4) is 0 Å². The fourth-order valence-electron chi connectivity index (χ4n) is 13.9. The van der Waals surface area contributed by atoms with Crippen molar-refractivity contribution in [2.75, 3.05) is 4.90 Å². The van der Waals surface area contributed by atoms with Gasteiger partial charge in [0.1, 0.15) is 0 Å². The molecule has 1 spiro atoms. The van der Waals surface area contributed by atoms with E-state index in [0.717, 1.165) is 127 Å². The maximum atomic E-state index is 8.06. The van der Waals surface area contributed by atoms with Crippen LogP contribution in [-0.4, -0.2) is 23.7 Å². The molecule has 3 aliphatic rings. The molecule has 5 aromatic heterocycles. The van der Waals surface area contributed by atoms with Crippen LogP contribution in [0.4, 0.5) is 22.7 Å². The van der Waals surface area contributed by atoms with Gasteiger partial charge < -0.3 is 23.3 Å². The van der Waals surface area contributed by atoms with Crippen LogP contribution in [0.25, 0.3) is 98.7 Å². The Morgan fingerprint density at radius 1 is 0.370 bits per heavy atom. The number of hydrogen-bond acceptors (Lipinski definition) is 5. The first-order valence-corrected chi connectivity index (χ1v) is 28.0. The number of fused-ring (bicyclic) bond motifs is 20. The zero-order chi connectivity index (χ0) is 53.1. The number of rotatable bonds is 4. The van der Waals surface area contributed by atoms with E-state index in [1.54, 1.807) is 11.8 Å². The van der Waals surface area contributed by atoms with Crippen LogP contribution in [0.15, 0.2) is 259 Å². The van der Waals surface area contributed by atoms with Crippen molar-refractivity contribution in [2.24, 2.45) is 0 Å². The van der Waals surface area contributed by atoms with Crippen molar-refractivity contribution in [1.82, 2.24) is 23.7 Å². The highest BCUT2D eigenvalue weighted by atomic mass is 32.2. The van der Waals surface area contributed by atoms with Gasteiger partial charge in [-0.1, -0.05) is 157 Å². The first-order valence-electron chi connectivity index (χ1n) is 27.2. The molecule has 8 nitrogen and oxygen atoms in total. The van der Waals surface area contributed by atoms with Crippen molar-refractivity contribution in [3.8, 4) is 39.9 Å². The van der Waals surface area contributed by atoms with Gasteiger partial charge in [0.15, 0.2) is 17.2 Å². The molecule has 0 saturated carbocycles. The molecule has 0 amide bonds. The van der Waals surface area contributed by atoms with E-state index in [0.29, 0.717) is 11.4 Å². The smallest absolute Gasteiger partial charge is 0.188 e. The van der Waals surface area contributed by atoms with E-state index in [2.05, 4.69) is 248 Å².